The summed E-state index contributed by atoms with van der Waals surface area (Å²) in [5.41, 5.74) is 0.623. The molecule has 1 fully saturated rings. The number of benzene rings is 1. The van der Waals surface area contributed by atoms with Crippen LogP contribution in [-0.4, -0.2) is 31.9 Å². The molecule has 1 aliphatic heterocycles. The molecule has 0 spiro atoms. The fourth-order valence-electron chi connectivity index (χ4n) is 2.24. The van der Waals surface area contributed by atoms with E-state index in [1.165, 1.54) is 0 Å². The van der Waals surface area contributed by atoms with Gasteiger partial charge in [-0.05, 0) is 38.0 Å². The van der Waals surface area contributed by atoms with E-state index in [4.69, 9.17) is 14.7 Å². The summed E-state index contributed by atoms with van der Waals surface area (Å²) in [6.07, 6.45) is 2.63. The van der Waals surface area contributed by atoms with Crippen LogP contribution in [0.2, 0.25) is 0 Å². The number of hydrogen-bond donors (Lipinski definition) is 1. The lowest BCUT2D eigenvalue weighted by Gasteiger charge is -2.20. The summed E-state index contributed by atoms with van der Waals surface area (Å²) < 4.78 is 11.2. The molecule has 102 valence electrons. The molecule has 0 radical (unpaired) electrons. The maximum atomic E-state index is 8.80. The number of nitrogens with zero attached hydrogens (tertiary/aromatic N) is 1. The highest BCUT2D eigenvalue weighted by Crippen LogP contribution is 2.15. The number of hydrogen-bond acceptors (Lipinski definition) is 4. The van der Waals surface area contributed by atoms with Crippen LogP contribution >= 0.6 is 0 Å². The second kappa shape index (κ2) is 7.13. The molecule has 0 aromatic heterocycles. The Labute approximate surface area is 114 Å². The van der Waals surface area contributed by atoms with E-state index in [1.54, 1.807) is 12.1 Å². The number of nitrogens with one attached hydrogen (secondary N) is 1. The van der Waals surface area contributed by atoms with Crippen molar-refractivity contribution in [1.29, 1.82) is 5.26 Å². The molecule has 1 aliphatic rings. The van der Waals surface area contributed by atoms with Gasteiger partial charge in [-0.1, -0.05) is 6.07 Å². The van der Waals surface area contributed by atoms with E-state index in [2.05, 4.69) is 18.3 Å². The summed E-state index contributed by atoms with van der Waals surface area (Å²) in [7, 11) is 0. The quantitative estimate of drug-likeness (QED) is 0.796. The Hall–Kier alpha value is -1.57. The molecule has 0 aliphatic carbocycles. The minimum Gasteiger partial charge on any atom is -0.492 e. The van der Waals surface area contributed by atoms with Gasteiger partial charge in [0.15, 0.2) is 0 Å². The molecule has 1 saturated heterocycles. The van der Waals surface area contributed by atoms with Crippen molar-refractivity contribution in [2.24, 2.45) is 0 Å². The van der Waals surface area contributed by atoms with Crippen molar-refractivity contribution in [1.82, 2.24) is 5.32 Å². The van der Waals surface area contributed by atoms with E-state index in [0.717, 1.165) is 31.7 Å². The number of rotatable bonds is 6. The Morgan fingerprint density at radius 1 is 1.58 bits per heavy atom. The van der Waals surface area contributed by atoms with Gasteiger partial charge in [0.25, 0.3) is 0 Å². The predicted octanol–water partition coefficient (Wildman–Crippen LogP) is 2.09. The highest BCUT2D eigenvalue weighted by Gasteiger charge is 2.21. The van der Waals surface area contributed by atoms with E-state index in [1.807, 2.05) is 12.1 Å². The normalized spacial score (nSPS) is 19.9. The fraction of sp³-hybridized carbons (Fsp3) is 0.533. The molecule has 1 aromatic carbocycles. The standard InChI is InChI=1S/C15H20N2O2/c1-12(15-6-3-8-19-15)17-7-9-18-14-5-2-4-13(10-14)11-16/h2,4-5,10,12,15,17H,3,6-9H2,1H3/t12-,15+/m0/s1. The molecular formula is C15H20N2O2. The van der Waals surface area contributed by atoms with Crippen molar-refractivity contribution < 1.29 is 9.47 Å². The lowest BCUT2D eigenvalue weighted by atomic mass is 10.1. The van der Waals surface area contributed by atoms with Crippen LogP contribution in [-0.2, 0) is 4.74 Å². The average Bonchev–Trinajstić information content (AvgIpc) is 2.98. The van der Waals surface area contributed by atoms with Crippen molar-refractivity contribution in [3.05, 3.63) is 29.8 Å². The van der Waals surface area contributed by atoms with Crippen molar-refractivity contribution in [2.45, 2.75) is 31.9 Å². The van der Waals surface area contributed by atoms with E-state index >= 15 is 0 Å². The van der Waals surface area contributed by atoms with Crippen LogP contribution in [0.25, 0.3) is 0 Å². The van der Waals surface area contributed by atoms with Crippen molar-refractivity contribution >= 4 is 0 Å². The molecule has 1 aromatic rings. The van der Waals surface area contributed by atoms with Crippen LogP contribution in [0.1, 0.15) is 25.3 Å². The second-order valence-corrected chi connectivity index (χ2v) is 4.78. The summed E-state index contributed by atoms with van der Waals surface area (Å²) >= 11 is 0. The van der Waals surface area contributed by atoms with Crippen LogP contribution in [0.3, 0.4) is 0 Å². The third-order valence-electron chi connectivity index (χ3n) is 3.32. The molecule has 19 heavy (non-hydrogen) atoms. The van der Waals surface area contributed by atoms with Gasteiger partial charge in [-0.15, -0.1) is 0 Å². The minimum absolute atomic E-state index is 0.335. The first-order valence-electron chi connectivity index (χ1n) is 6.77. The Kier molecular flexibility index (Phi) is 5.20. The summed E-state index contributed by atoms with van der Waals surface area (Å²) in [6.45, 7) is 4.39. The lowest BCUT2D eigenvalue weighted by molar-refractivity contribution is 0.0824. The molecule has 1 heterocycles. The zero-order valence-electron chi connectivity index (χ0n) is 11.3. The summed E-state index contributed by atoms with van der Waals surface area (Å²) in [5.74, 6) is 0.741. The fourth-order valence-corrected chi connectivity index (χ4v) is 2.24. The Morgan fingerprint density at radius 3 is 3.21 bits per heavy atom. The van der Waals surface area contributed by atoms with Crippen LogP contribution < -0.4 is 10.1 Å². The maximum Gasteiger partial charge on any atom is 0.120 e. The predicted molar refractivity (Wildman–Crippen MR) is 73.1 cm³/mol. The molecule has 4 heteroatoms. The topological polar surface area (TPSA) is 54.3 Å². The van der Waals surface area contributed by atoms with Gasteiger partial charge in [-0.25, -0.2) is 0 Å². The van der Waals surface area contributed by atoms with Gasteiger partial charge in [0.05, 0.1) is 17.7 Å². The Morgan fingerprint density at radius 2 is 2.47 bits per heavy atom. The van der Waals surface area contributed by atoms with Gasteiger partial charge in [-0.2, -0.15) is 5.26 Å². The number of nitriles is 1. The highest BCUT2D eigenvalue weighted by molar-refractivity contribution is 5.36. The third kappa shape index (κ3) is 4.23. The summed E-state index contributed by atoms with van der Waals surface area (Å²) in [6, 6.07) is 9.68. The van der Waals surface area contributed by atoms with E-state index in [-0.39, 0.29) is 0 Å². The zero-order chi connectivity index (χ0) is 13.5. The van der Waals surface area contributed by atoms with Crippen LogP contribution in [0.5, 0.6) is 5.75 Å². The third-order valence-corrected chi connectivity index (χ3v) is 3.32. The molecule has 0 saturated carbocycles. The molecule has 1 N–H and O–H groups in total. The smallest absolute Gasteiger partial charge is 0.120 e. The van der Waals surface area contributed by atoms with Crippen molar-refractivity contribution in [3.63, 3.8) is 0 Å². The van der Waals surface area contributed by atoms with Gasteiger partial charge in [-0.3, -0.25) is 0 Å². The summed E-state index contributed by atoms with van der Waals surface area (Å²) in [4.78, 5) is 0. The molecule has 0 bridgehead atoms. The SMILES string of the molecule is C[C@H](NCCOc1cccc(C#N)c1)[C@H]1CCCO1. The monoisotopic (exact) mass is 260 g/mol. The second-order valence-electron chi connectivity index (χ2n) is 4.78. The van der Waals surface area contributed by atoms with Gasteiger partial charge in [0.1, 0.15) is 12.4 Å². The van der Waals surface area contributed by atoms with E-state index < -0.39 is 0 Å². The molecule has 0 amide bonds. The van der Waals surface area contributed by atoms with Gasteiger partial charge >= 0.3 is 0 Å². The Balaban J connectivity index is 1.67. The molecule has 0 unspecified atom stereocenters. The largest absolute Gasteiger partial charge is 0.492 e. The minimum atomic E-state index is 0.335. The zero-order valence-corrected chi connectivity index (χ0v) is 11.3. The molecule has 4 nitrogen and oxygen atoms in total. The number of ether oxygens (including phenoxy) is 2. The first-order valence-corrected chi connectivity index (χ1v) is 6.77. The van der Waals surface area contributed by atoms with Crippen LogP contribution in [0, 0.1) is 11.3 Å². The van der Waals surface area contributed by atoms with Gasteiger partial charge < -0.3 is 14.8 Å². The highest BCUT2D eigenvalue weighted by atomic mass is 16.5. The van der Waals surface area contributed by atoms with Crippen molar-refractivity contribution in [3.8, 4) is 11.8 Å². The lowest BCUT2D eigenvalue weighted by Crippen LogP contribution is -2.39. The first kappa shape index (κ1) is 13.9. The molecule has 2 rings (SSSR count). The van der Waals surface area contributed by atoms with Gasteiger partial charge in [0, 0.05) is 19.2 Å². The summed E-state index contributed by atoms with van der Waals surface area (Å²) in [5, 5.41) is 12.2. The van der Waals surface area contributed by atoms with E-state index in [0.29, 0.717) is 24.3 Å². The van der Waals surface area contributed by atoms with Crippen LogP contribution in [0.4, 0.5) is 0 Å². The molecule has 2 atom stereocenters. The average molecular weight is 260 g/mol. The van der Waals surface area contributed by atoms with E-state index in [9.17, 15) is 0 Å². The molecular weight excluding hydrogens is 240 g/mol. The maximum absolute atomic E-state index is 8.80. The Bertz CT molecular complexity index is 436. The van der Waals surface area contributed by atoms with Crippen LogP contribution in [0.15, 0.2) is 24.3 Å². The van der Waals surface area contributed by atoms with Gasteiger partial charge in [0.2, 0.25) is 0 Å². The van der Waals surface area contributed by atoms with Crippen molar-refractivity contribution in [2.75, 3.05) is 19.8 Å². The first-order chi connectivity index (χ1) is 9.29.